The van der Waals surface area contributed by atoms with Gasteiger partial charge in [-0.1, -0.05) is 41.9 Å². The SMILES string of the molecule is COc1nn([C@@H](Cc2ccccc2)C(=O)Nc2ccc(C(=O)OC(C)(C)C)cc2)c(=O)cc1-c1cc(Cl)ccc1C(C)=O. The van der Waals surface area contributed by atoms with Crippen LogP contribution in [-0.2, 0) is 16.0 Å². The first-order valence-electron chi connectivity index (χ1n) is 13.5. The summed E-state index contributed by atoms with van der Waals surface area (Å²) in [5.74, 6) is -1.18. The third kappa shape index (κ3) is 7.75. The van der Waals surface area contributed by atoms with Gasteiger partial charge in [0.1, 0.15) is 11.6 Å². The lowest BCUT2D eigenvalue weighted by atomic mass is 9.98. The van der Waals surface area contributed by atoms with Crippen LogP contribution in [0.5, 0.6) is 5.88 Å². The molecule has 1 N–H and O–H groups in total. The number of benzene rings is 3. The van der Waals surface area contributed by atoms with Crippen molar-refractivity contribution in [3.63, 3.8) is 0 Å². The topological polar surface area (TPSA) is 117 Å². The number of methoxy groups -OCH3 is 1. The van der Waals surface area contributed by atoms with Gasteiger partial charge in [0.05, 0.1) is 18.2 Å². The number of anilines is 1. The van der Waals surface area contributed by atoms with E-state index in [0.717, 1.165) is 10.2 Å². The third-order valence-corrected chi connectivity index (χ3v) is 6.66. The molecule has 9 nitrogen and oxygen atoms in total. The third-order valence-electron chi connectivity index (χ3n) is 6.42. The molecule has 4 rings (SSSR count). The van der Waals surface area contributed by atoms with E-state index in [-0.39, 0.29) is 23.6 Å². The zero-order chi connectivity index (χ0) is 31.3. The molecule has 4 aromatic rings. The van der Waals surface area contributed by atoms with E-state index >= 15 is 0 Å². The molecule has 0 bridgehead atoms. The van der Waals surface area contributed by atoms with Crippen molar-refractivity contribution in [2.75, 3.05) is 12.4 Å². The van der Waals surface area contributed by atoms with Gasteiger partial charge in [0, 0.05) is 28.8 Å². The van der Waals surface area contributed by atoms with Gasteiger partial charge in [0.25, 0.3) is 5.56 Å². The summed E-state index contributed by atoms with van der Waals surface area (Å²) in [6.07, 6.45) is 0.147. The van der Waals surface area contributed by atoms with E-state index in [1.165, 1.54) is 20.1 Å². The van der Waals surface area contributed by atoms with Gasteiger partial charge < -0.3 is 14.8 Å². The number of carbonyl (C=O) groups excluding carboxylic acids is 3. The molecule has 1 amide bonds. The molecule has 0 radical (unpaired) electrons. The number of hydrogen-bond donors (Lipinski definition) is 1. The van der Waals surface area contributed by atoms with Crippen LogP contribution in [0.3, 0.4) is 0 Å². The smallest absolute Gasteiger partial charge is 0.338 e. The number of esters is 1. The number of carbonyl (C=O) groups is 3. The van der Waals surface area contributed by atoms with Crippen molar-refractivity contribution in [2.45, 2.75) is 45.8 Å². The Morgan fingerprint density at radius 3 is 2.23 bits per heavy atom. The van der Waals surface area contributed by atoms with Crippen LogP contribution in [0.4, 0.5) is 5.69 Å². The van der Waals surface area contributed by atoms with Crippen LogP contribution in [0.1, 0.15) is 60.0 Å². The van der Waals surface area contributed by atoms with Crippen LogP contribution in [-0.4, -0.2) is 40.2 Å². The summed E-state index contributed by atoms with van der Waals surface area (Å²) < 4.78 is 12.0. The summed E-state index contributed by atoms with van der Waals surface area (Å²) in [5, 5.41) is 7.62. The summed E-state index contributed by atoms with van der Waals surface area (Å²) >= 11 is 6.22. The molecular weight excluding hydrogens is 570 g/mol. The average molecular weight is 602 g/mol. The molecule has 10 heteroatoms. The fraction of sp³-hybridized carbons (Fsp3) is 0.242. The maximum atomic E-state index is 13.7. The largest absolute Gasteiger partial charge is 0.480 e. The average Bonchev–Trinajstić information content (AvgIpc) is 2.95. The van der Waals surface area contributed by atoms with Gasteiger partial charge in [-0.3, -0.25) is 14.4 Å². The van der Waals surface area contributed by atoms with Gasteiger partial charge in [0.2, 0.25) is 11.8 Å². The minimum absolute atomic E-state index is 0.0388. The van der Waals surface area contributed by atoms with E-state index in [2.05, 4.69) is 10.4 Å². The number of aromatic nitrogens is 2. The molecule has 0 fully saturated rings. The summed E-state index contributed by atoms with van der Waals surface area (Å²) in [6, 6.07) is 20.4. The van der Waals surface area contributed by atoms with Gasteiger partial charge in [-0.2, -0.15) is 0 Å². The van der Waals surface area contributed by atoms with E-state index in [9.17, 15) is 19.2 Å². The van der Waals surface area contributed by atoms with Gasteiger partial charge >= 0.3 is 5.97 Å². The molecule has 0 spiro atoms. The van der Waals surface area contributed by atoms with Crippen LogP contribution in [0.2, 0.25) is 5.02 Å². The van der Waals surface area contributed by atoms with Crippen molar-refractivity contribution in [2.24, 2.45) is 0 Å². The van der Waals surface area contributed by atoms with Gasteiger partial charge in [-0.15, -0.1) is 5.10 Å². The van der Waals surface area contributed by atoms with E-state index < -0.39 is 29.1 Å². The molecule has 3 aromatic carbocycles. The zero-order valence-corrected chi connectivity index (χ0v) is 25.3. The molecule has 0 aliphatic rings. The highest BCUT2D eigenvalue weighted by Gasteiger charge is 2.27. The molecule has 1 atom stereocenters. The number of ether oxygens (including phenoxy) is 2. The zero-order valence-electron chi connectivity index (χ0n) is 24.5. The van der Waals surface area contributed by atoms with Crippen molar-refractivity contribution in [1.82, 2.24) is 9.78 Å². The summed E-state index contributed by atoms with van der Waals surface area (Å²) in [7, 11) is 1.39. The number of rotatable bonds is 9. The summed E-state index contributed by atoms with van der Waals surface area (Å²) in [6.45, 7) is 6.75. The minimum Gasteiger partial charge on any atom is -0.480 e. The molecule has 0 saturated heterocycles. The van der Waals surface area contributed by atoms with Gasteiger partial charge in [-0.25, -0.2) is 9.48 Å². The number of ketones is 1. The highest BCUT2D eigenvalue weighted by molar-refractivity contribution is 6.31. The lowest BCUT2D eigenvalue weighted by molar-refractivity contribution is -0.119. The van der Waals surface area contributed by atoms with Crippen molar-refractivity contribution >= 4 is 34.9 Å². The van der Waals surface area contributed by atoms with E-state index in [4.69, 9.17) is 21.1 Å². The highest BCUT2D eigenvalue weighted by atomic mass is 35.5. The standard InChI is InChI=1S/C33H32ClN3O6/c1-20(38)25-16-13-23(34)18-26(25)27-19-29(39)37(36-31(27)42-5)28(17-21-9-7-6-8-10-21)30(40)35-24-14-11-22(12-15-24)32(41)43-33(2,3)4/h6-16,18-19,28H,17H2,1-5H3,(H,35,40)/t28-/m0/s1. The monoisotopic (exact) mass is 601 g/mol. The number of nitrogens with one attached hydrogen (secondary N) is 1. The highest BCUT2D eigenvalue weighted by Crippen LogP contribution is 2.32. The number of Topliss-reactive ketones (excluding diaryl/α,β-unsaturated/α-hetero) is 1. The molecule has 0 unspecified atom stereocenters. The number of hydrogen-bond acceptors (Lipinski definition) is 7. The molecule has 222 valence electrons. The van der Waals surface area contributed by atoms with Gasteiger partial charge in [-0.05, 0) is 81.3 Å². The van der Waals surface area contributed by atoms with Gasteiger partial charge in [0.15, 0.2) is 5.78 Å². The van der Waals surface area contributed by atoms with Crippen molar-refractivity contribution in [1.29, 1.82) is 0 Å². The van der Waals surface area contributed by atoms with E-state index in [1.54, 1.807) is 63.2 Å². The molecular formula is C33H32ClN3O6. The van der Waals surface area contributed by atoms with Crippen LogP contribution in [0, 0.1) is 0 Å². The van der Waals surface area contributed by atoms with Crippen LogP contribution >= 0.6 is 11.6 Å². The second-order valence-corrected chi connectivity index (χ2v) is 11.3. The molecule has 0 aliphatic carbocycles. The Kier molecular flexibility index (Phi) is 9.46. The maximum Gasteiger partial charge on any atom is 0.338 e. The Hall–Kier alpha value is -4.76. The maximum absolute atomic E-state index is 13.7. The van der Waals surface area contributed by atoms with Crippen LogP contribution < -0.4 is 15.6 Å². The predicted molar refractivity (Wildman–Crippen MR) is 165 cm³/mol. The van der Waals surface area contributed by atoms with Crippen molar-refractivity contribution in [3.05, 3.63) is 111 Å². The molecule has 43 heavy (non-hydrogen) atoms. The van der Waals surface area contributed by atoms with E-state index in [1.807, 2.05) is 30.3 Å². The Balaban J connectivity index is 1.72. The molecule has 1 aromatic heterocycles. The Morgan fingerprint density at radius 1 is 0.953 bits per heavy atom. The fourth-order valence-corrected chi connectivity index (χ4v) is 4.62. The van der Waals surface area contributed by atoms with Crippen LogP contribution in [0.25, 0.3) is 11.1 Å². The second-order valence-electron chi connectivity index (χ2n) is 10.9. The first kappa shape index (κ1) is 31.2. The quantitative estimate of drug-likeness (QED) is 0.181. The Morgan fingerprint density at radius 2 is 1.63 bits per heavy atom. The number of halogens is 1. The number of nitrogens with zero attached hydrogens (tertiary/aromatic N) is 2. The van der Waals surface area contributed by atoms with Crippen LogP contribution in [0.15, 0.2) is 83.7 Å². The lowest BCUT2D eigenvalue weighted by Crippen LogP contribution is -2.36. The summed E-state index contributed by atoms with van der Waals surface area (Å²) in [4.78, 5) is 52.0. The first-order chi connectivity index (χ1) is 20.4. The Labute approximate surface area is 254 Å². The van der Waals surface area contributed by atoms with E-state index in [0.29, 0.717) is 27.4 Å². The predicted octanol–water partition coefficient (Wildman–Crippen LogP) is 6.15. The molecule has 1 heterocycles. The second kappa shape index (κ2) is 13.0. The normalized spacial score (nSPS) is 11.9. The molecule has 0 saturated carbocycles. The van der Waals surface area contributed by atoms with Crippen molar-refractivity contribution < 1.29 is 23.9 Å². The summed E-state index contributed by atoms with van der Waals surface area (Å²) in [5.41, 5.74) is 1.32. The Bertz CT molecular complexity index is 1710. The van der Waals surface area contributed by atoms with Crippen molar-refractivity contribution in [3.8, 4) is 17.0 Å². The number of amides is 1. The fourth-order valence-electron chi connectivity index (χ4n) is 4.45. The molecule has 0 aliphatic heterocycles. The lowest BCUT2D eigenvalue weighted by Gasteiger charge is -2.21. The minimum atomic E-state index is -1.07. The first-order valence-corrected chi connectivity index (χ1v) is 13.9.